The molecule has 0 aromatic heterocycles. The normalized spacial score (nSPS) is 12.1. The molecule has 1 atom stereocenters. The van der Waals surface area contributed by atoms with Gasteiger partial charge in [0.15, 0.2) is 0 Å². The Hall–Kier alpha value is -2.13. The van der Waals surface area contributed by atoms with Crippen molar-refractivity contribution >= 4 is 5.97 Å². The Morgan fingerprint density at radius 2 is 1.84 bits per heavy atom. The van der Waals surface area contributed by atoms with Gasteiger partial charge in [-0.2, -0.15) is 0 Å². The Morgan fingerprint density at radius 1 is 1.16 bits per heavy atom. The number of nitrogens with two attached hydrogens (primary N) is 1. The van der Waals surface area contributed by atoms with E-state index >= 15 is 0 Å². The summed E-state index contributed by atoms with van der Waals surface area (Å²) in [5.41, 5.74) is 9.50. The summed E-state index contributed by atoms with van der Waals surface area (Å²) >= 11 is 0. The molecular formula is C16H17NO2. The maximum Gasteiger partial charge on any atom is 0.335 e. The second-order valence-corrected chi connectivity index (χ2v) is 4.50. The van der Waals surface area contributed by atoms with E-state index in [1.165, 1.54) is 5.56 Å². The molecule has 2 aromatic carbocycles. The molecular weight excluding hydrogens is 238 g/mol. The number of carboxylic acids is 1. The Labute approximate surface area is 112 Å². The standard InChI is InChI=1S/C16H17NO2/c1-2-11-6-8-12(9-7-11)15(17)13-4-3-5-14(10-13)16(18)19/h3-10,15H,2,17H2,1H3,(H,18,19). The summed E-state index contributed by atoms with van der Waals surface area (Å²) in [5.74, 6) is -0.935. The fraction of sp³-hybridized carbons (Fsp3) is 0.188. The first-order valence-corrected chi connectivity index (χ1v) is 6.29. The molecule has 0 saturated heterocycles. The Bertz CT molecular complexity index is 576. The van der Waals surface area contributed by atoms with Crippen molar-refractivity contribution in [3.63, 3.8) is 0 Å². The van der Waals surface area contributed by atoms with Crippen LogP contribution < -0.4 is 5.73 Å². The fourth-order valence-corrected chi connectivity index (χ4v) is 2.02. The van der Waals surface area contributed by atoms with Gasteiger partial charge in [-0.05, 0) is 35.2 Å². The van der Waals surface area contributed by atoms with Crippen LogP contribution in [0, 0.1) is 0 Å². The highest BCUT2D eigenvalue weighted by Crippen LogP contribution is 2.21. The van der Waals surface area contributed by atoms with Crippen LogP contribution in [0.2, 0.25) is 0 Å². The molecule has 19 heavy (non-hydrogen) atoms. The molecule has 98 valence electrons. The van der Waals surface area contributed by atoms with E-state index in [1.807, 2.05) is 18.2 Å². The Morgan fingerprint density at radius 3 is 2.42 bits per heavy atom. The highest BCUT2D eigenvalue weighted by Gasteiger charge is 2.11. The van der Waals surface area contributed by atoms with Crippen LogP contribution in [0.4, 0.5) is 0 Å². The van der Waals surface area contributed by atoms with Crippen LogP contribution in [0.5, 0.6) is 0 Å². The molecule has 0 heterocycles. The van der Waals surface area contributed by atoms with Crippen LogP contribution in [-0.2, 0) is 6.42 Å². The fourth-order valence-electron chi connectivity index (χ4n) is 2.02. The predicted molar refractivity (Wildman–Crippen MR) is 75.3 cm³/mol. The van der Waals surface area contributed by atoms with Gasteiger partial charge in [-0.1, -0.05) is 43.3 Å². The first-order valence-electron chi connectivity index (χ1n) is 6.29. The van der Waals surface area contributed by atoms with E-state index < -0.39 is 5.97 Å². The summed E-state index contributed by atoms with van der Waals surface area (Å²) in [5, 5.41) is 8.99. The van der Waals surface area contributed by atoms with Gasteiger partial charge in [0.25, 0.3) is 0 Å². The highest BCUT2D eigenvalue weighted by atomic mass is 16.4. The van der Waals surface area contributed by atoms with Crippen molar-refractivity contribution in [2.45, 2.75) is 19.4 Å². The van der Waals surface area contributed by atoms with Gasteiger partial charge in [-0.3, -0.25) is 0 Å². The molecule has 0 bridgehead atoms. The second kappa shape index (κ2) is 5.67. The van der Waals surface area contributed by atoms with Gasteiger partial charge < -0.3 is 10.8 Å². The largest absolute Gasteiger partial charge is 0.478 e. The molecule has 2 aromatic rings. The molecule has 0 saturated carbocycles. The summed E-state index contributed by atoms with van der Waals surface area (Å²) < 4.78 is 0. The van der Waals surface area contributed by atoms with Crippen LogP contribution in [-0.4, -0.2) is 11.1 Å². The van der Waals surface area contributed by atoms with Crippen LogP contribution in [0.3, 0.4) is 0 Å². The van der Waals surface area contributed by atoms with Crippen LogP contribution >= 0.6 is 0 Å². The van der Waals surface area contributed by atoms with Crippen molar-refractivity contribution in [2.75, 3.05) is 0 Å². The van der Waals surface area contributed by atoms with Crippen LogP contribution in [0.25, 0.3) is 0 Å². The van der Waals surface area contributed by atoms with Crippen LogP contribution in [0.1, 0.15) is 40.0 Å². The van der Waals surface area contributed by atoms with Crippen molar-refractivity contribution in [3.8, 4) is 0 Å². The molecule has 2 rings (SSSR count). The number of carboxylic acid groups (broad SMARTS) is 1. The zero-order valence-electron chi connectivity index (χ0n) is 10.8. The molecule has 0 amide bonds. The first-order chi connectivity index (χ1) is 9.11. The molecule has 0 fully saturated rings. The number of hydrogen-bond acceptors (Lipinski definition) is 2. The summed E-state index contributed by atoms with van der Waals surface area (Å²) in [6.45, 7) is 2.10. The van der Waals surface area contributed by atoms with Gasteiger partial charge in [-0.25, -0.2) is 4.79 Å². The second-order valence-electron chi connectivity index (χ2n) is 4.50. The number of benzene rings is 2. The van der Waals surface area contributed by atoms with Crippen molar-refractivity contribution < 1.29 is 9.90 Å². The summed E-state index contributed by atoms with van der Waals surface area (Å²) in [7, 11) is 0. The van der Waals surface area contributed by atoms with Crippen molar-refractivity contribution in [1.82, 2.24) is 0 Å². The monoisotopic (exact) mass is 255 g/mol. The molecule has 3 heteroatoms. The van der Waals surface area contributed by atoms with E-state index in [9.17, 15) is 4.79 Å². The lowest BCUT2D eigenvalue weighted by Gasteiger charge is -2.13. The lowest BCUT2D eigenvalue weighted by Crippen LogP contribution is -2.12. The minimum absolute atomic E-state index is 0.262. The lowest BCUT2D eigenvalue weighted by atomic mass is 9.97. The van der Waals surface area contributed by atoms with Gasteiger partial charge in [-0.15, -0.1) is 0 Å². The lowest BCUT2D eigenvalue weighted by molar-refractivity contribution is 0.0697. The van der Waals surface area contributed by atoms with E-state index in [0.717, 1.165) is 17.5 Å². The quantitative estimate of drug-likeness (QED) is 0.882. The third-order valence-electron chi connectivity index (χ3n) is 3.24. The van der Waals surface area contributed by atoms with Crippen LogP contribution in [0.15, 0.2) is 48.5 Å². The van der Waals surface area contributed by atoms with Gasteiger partial charge in [0.05, 0.1) is 11.6 Å². The summed E-state index contributed by atoms with van der Waals surface area (Å²) in [4.78, 5) is 11.0. The summed E-state index contributed by atoms with van der Waals surface area (Å²) in [6, 6.07) is 14.6. The number of carbonyl (C=O) groups is 1. The molecule has 0 aliphatic rings. The molecule has 0 aliphatic heterocycles. The highest BCUT2D eigenvalue weighted by molar-refractivity contribution is 5.87. The molecule has 0 radical (unpaired) electrons. The average Bonchev–Trinajstić information content (AvgIpc) is 2.46. The maximum absolute atomic E-state index is 11.0. The van der Waals surface area contributed by atoms with E-state index in [2.05, 4.69) is 19.1 Å². The third-order valence-corrected chi connectivity index (χ3v) is 3.24. The predicted octanol–water partition coefficient (Wildman–Crippen LogP) is 3.00. The molecule has 1 unspecified atom stereocenters. The minimum Gasteiger partial charge on any atom is -0.478 e. The van der Waals surface area contributed by atoms with Gasteiger partial charge in [0.2, 0.25) is 0 Å². The maximum atomic E-state index is 11.0. The van der Waals surface area contributed by atoms with E-state index in [0.29, 0.717) is 0 Å². The molecule has 3 nitrogen and oxygen atoms in total. The number of aryl methyl sites for hydroxylation is 1. The number of hydrogen-bond donors (Lipinski definition) is 2. The zero-order valence-corrected chi connectivity index (χ0v) is 10.8. The van der Waals surface area contributed by atoms with E-state index in [4.69, 9.17) is 10.8 Å². The minimum atomic E-state index is -0.935. The van der Waals surface area contributed by atoms with Crippen molar-refractivity contribution in [3.05, 3.63) is 70.8 Å². The van der Waals surface area contributed by atoms with Gasteiger partial charge >= 0.3 is 5.97 Å². The first kappa shape index (κ1) is 13.3. The van der Waals surface area contributed by atoms with E-state index in [1.54, 1.807) is 18.2 Å². The summed E-state index contributed by atoms with van der Waals surface area (Å²) in [6.07, 6.45) is 0.990. The smallest absolute Gasteiger partial charge is 0.335 e. The number of aromatic carboxylic acids is 1. The van der Waals surface area contributed by atoms with E-state index in [-0.39, 0.29) is 11.6 Å². The zero-order chi connectivity index (χ0) is 13.8. The van der Waals surface area contributed by atoms with Gasteiger partial charge in [0, 0.05) is 0 Å². The average molecular weight is 255 g/mol. The third kappa shape index (κ3) is 3.01. The Kier molecular flexibility index (Phi) is 3.97. The Balaban J connectivity index is 2.29. The van der Waals surface area contributed by atoms with Crippen molar-refractivity contribution in [2.24, 2.45) is 5.73 Å². The van der Waals surface area contributed by atoms with Gasteiger partial charge in [0.1, 0.15) is 0 Å². The van der Waals surface area contributed by atoms with Crippen molar-refractivity contribution in [1.29, 1.82) is 0 Å². The number of rotatable bonds is 4. The SMILES string of the molecule is CCc1ccc(C(N)c2cccc(C(=O)O)c2)cc1. The molecule has 3 N–H and O–H groups in total. The molecule has 0 aliphatic carbocycles. The topological polar surface area (TPSA) is 63.3 Å². The molecule has 0 spiro atoms.